The Bertz CT molecular complexity index is 832. The first kappa shape index (κ1) is 21.1. The van der Waals surface area contributed by atoms with Gasteiger partial charge >= 0.3 is 0 Å². The van der Waals surface area contributed by atoms with Gasteiger partial charge in [-0.05, 0) is 24.6 Å². The zero-order valence-electron chi connectivity index (χ0n) is 15.3. The molecule has 8 nitrogen and oxygen atoms in total. The van der Waals surface area contributed by atoms with Crippen molar-refractivity contribution in [1.82, 2.24) is 5.32 Å². The monoisotopic (exact) mass is 407 g/mol. The van der Waals surface area contributed by atoms with Crippen molar-refractivity contribution in [1.29, 1.82) is 0 Å². The molecule has 148 valence electrons. The third kappa shape index (κ3) is 4.55. The Morgan fingerprint density at radius 2 is 1.85 bits per heavy atom. The minimum atomic E-state index is -3.93. The molecule has 1 aliphatic rings. The molecule has 26 heavy (non-hydrogen) atoms. The van der Waals surface area contributed by atoms with Crippen LogP contribution in [-0.4, -0.2) is 73.8 Å². The standard InChI is InChI=1S/C16H25NO7S2/c1-11-5-6-13(22-2)14(7-11)26(20,21)15-10-25(18,19)9-12(15)17-8-16(23-3)24-4/h5-7,12,15-17H,8-10H2,1-4H3/t12-,15-/m1/s1. The van der Waals surface area contributed by atoms with E-state index in [1.165, 1.54) is 27.4 Å². The van der Waals surface area contributed by atoms with E-state index in [1.807, 2.05) is 0 Å². The molecule has 1 saturated heterocycles. The summed E-state index contributed by atoms with van der Waals surface area (Å²) in [7, 11) is -3.14. The largest absolute Gasteiger partial charge is 0.495 e. The van der Waals surface area contributed by atoms with Crippen molar-refractivity contribution in [2.75, 3.05) is 39.4 Å². The predicted octanol–water partition coefficient (Wildman–Crippen LogP) is 0.151. The Labute approximate surface area is 154 Å². The minimum absolute atomic E-state index is 0.00364. The van der Waals surface area contributed by atoms with Gasteiger partial charge in [0, 0.05) is 26.8 Å². The molecule has 0 bridgehead atoms. The maximum atomic E-state index is 13.2. The van der Waals surface area contributed by atoms with Crippen LogP contribution < -0.4 is 10.1 Å². The van der Waals surface area contributed by atoms with Crippen LogP contribution in [0.2, 0.25) is 0 Å². The first-order valence-electron chi connectivity index (χ1n) is 8.02. The number of rotatable bonds is 8. The summed E-state index contributed by atoms with van der Waals surface area (Å²) in [5.41, 5.74) is 0.744. The molecule has 0 spiro atoms. The van der Waals surface area contributed by atoms with Crippen molar-refractivity contribution >= 4 is 19.7 Å². The fourth-order valence-electron chi connectivity index (χ4n) is 2.99. The summed E-state index contributed by atoms with van der Waals surface area (Å²) >= 11 is 0. The normalized spacial score (nSPS) is 22.7. The van der Waals surface area contributed by atoms with Crippen LogP contribution in [-0.2, 0) is 29.1 Å². The van der Waals surface area contributed by atoms with Gasteiger partial charge in [0.25, 0.3) is 0 Å². The van der Waals surface area contributed by atoms with Gasteiger partial charge in [0.05, 0.1) is 23.9 Å². The van der Waals surface area contributed by atoms with Crippen molar-refractivity contribution in [3.63, 3.8) is 0 Å². The molecule has 2 atom stereocenters. The molecule has 1 heterocycles. The van der Waals surface area contributed by atoms with Crippen LogP contribution in [0.4, 0.5) is 0 Å². The second-order valence-corrected chi connectivity index (χ2v) is 10.5. The van der Waals surface area contributed by atoms with Crippen molar-refractivity contribution < 1.29 is 31.0 Å². The van der Waals surface area contributed by atoms with Crippen LogP contribution in [0.15, 0.2) is 23.1 Å². The first-order valence-corrected chi connectivity index (χ1v) is 11.4. The lowest BCUT2D eigenvalue weighted by molar-refractivity contribution is -0.0995. The first-order chi connectivity index (χ1) is 12.1. The average molecular weight is 408 g/mol. The molecule has 1 aromatic carbocycles. The molecule has 0 aromatic heterocycles. The lowest BCUT2D eigenvalue weighted by Crippen LogP contribution is -2.46. The topological polar surface area (TPSA) is 108 Å². The molecular weight excluding hydrogens is 382 g/mol. The summed E-state index contributed by atoms with van der Waals surface area (Å²) in [6.07, 6.45) is -0.602. The van der Waals surface area contributed by atoms with Gasteiger partial charge in [-0.25, -0.2) is 16.8 Å². The molecule has 0 radical (unpaired) electrons. The van der Waals surface area contributed by atoms with E-state index in [0.717, 1.165) is 5.56 Å². The Kier molecular flexibility index (Phi) is 6.67. The molecule has 0 unspecified atom stereocenters. The maximum absolute atomic E-state index is 13.2. The number of aryl methyl sites for hydroxylation is 1. The summed E-state index contributed by atoms with van der Waals surface area (Å²) in [5.74, 6) is -0.495. The van der Waals surface area contributed by atoms with Gasteiger partial charge in [-0.2, -0.15) is 0 Å². The Morgan fingerprint density at radius 1 is 1.19 bits per heavy atom. The molecule has 0 saturated carbocycles. The Hall–Kier alpha value is -1.20. The molecular formula is C16H25NO7S2. The average Bonchev–Trinajstić information content (AvgIpc) is 2.91. The van der Waals surface area contributed by atoms with E-state index in [0.29, 0.717) is 0 Å². The number of benzene rings is 1. The van der Waals surface area contributed by atoms with Gasteiger partial charge in [-0.3, -0.25) is 0 Å². The second-order valence-electron chi connectivity index (χ2n) is 6.23. The Balaban J connectivity index is 2.37. The number of methoxy groups -OCH3 is 3. The third-order valence-corrected chi connectivity index (χ3v) is 8.57. The van der Waals surface area contributed by atoms with Gasteiger partial charge < -0.3 is 19.5 Å². The summed E-state index contributed by atoms with van der Waals surface area (Å²) in [6, 6.07) is 4.05. The van der Waals surface area contributed by atoms with Gasteiger partial charge in [-0.1, -0.05) is 6.07 Å². The highest BCUT2D eigenvalue weighted by molar-refractivity contribution is 7.96. The van der Waals surface area contributed by atoms with E-state index >= 15 is 0 Å². The highest BCUT2D eigenvalue weighted by Gasteiger charge is 2.46. The zero-order valence-corrected chi connectivity index (χ0v) is 16.9. The van der Waals surface area contributed by atoms with Gasteiger partial charge in [-0.15, -0.1) is 0 Å². The van der Waals surface area contributed by atoms with Crippen LogP contribution in [0, 0.1) is 6.92 Å². The van der Waals surface area contributed by atoms with E-state index in [2.05, 4.69) is 5.32 Å². The number of hydrogen-bond donors (Lipinski definition) is 1. The molecule has 2 rings (SSSR count). The quantitative estimate of drug-likeness (QED) is 0.607. The maximum Gasteiger partial charge on any atom is 0.187 e. The summed E-state index contributed by atoms with van der Waals surface area (Å²) in [6.45, 7) is 1.94. The lowest BCUT2D eigenvalue weighted by Gasteiger charge is -2.23. The lowest BCUT2D eigenvalue weighted by atomic mass is 10.2. The van der Waals surface area contributed by atoms with Crippen molar-refractivity contribution in [3.05, 3.63) is 23.8 Å². The second kappa shape index (κ2) is 8.22. The van der Waals surface area contributed by atoms with Gasteiger partial charge in [0.2, 0.25) is 0 Å². The van der Waals surface area contributed by atoms with Crippen LogP contribution in [0.25, 0.3) is 0 Å². The smallest absolute Gasteiger partial charge is 0.187 e. The van der Waals surface area contributed by atoms with E-state index in [9.17, 15) is 16.8 Å². The Morgan fingerprint density at radius 3 is 2.42 bits per heavy atom. The number of sulfone groups is 2. The van der Waals surface area contributed by atoms with Crippen molar-refractivity contribution in [2.45, 2.75) is 29.4 Å². The van der Waals surface area contributed by atoms with E-state index in [4.69, 9.17) is 14.2 Å². The molecule has 0 amide bonds. The van der Waals surface area contributed by atoms with Crippen molar-refractivity contribution in [3.8, 4) is 5.75 Å². The molecule has 1 aliphatic heterocycles. The fourth-order valence-corrected chi connectivity index (χ4v) is 7.95. The van der Waals surface area contributed by atoms with Crippen LogP contribution in [0.1, 0.15) is 5.56 Å². The molecule has 0 aliphatic carbocycles. The summed E-state index contributed by atoms with van der Waals surface area (Å²) in [4.78, 5) is 0.00364. The van der Waals surface area contributed by atoms with Crippen LogP contribution >= 0.6 is 0 Å². The van der Waals surface area contributed by atoms with Gasteiger partial charge in [0.1, 0.15) is 10.6 Å². The SMILES string of the molecule is COc1ccc(C)cc1S(=O)(=O)[C@@H]1CS(=O)(=O)C[C@H]1NCC(OC)OC. The number of hydrogen-bond acceptors (Lipinski definition) is 8. The summed E-state index contributed by atoms with van der Waals surface area (Å²) < 4.78 is 66.0. The van der Waals surface area contributed by atoms with Crippen LogP contribution in [0.5, 0.6) is 5.75 Å². The number of ether oxygens (including phenoxy) is 3. The molecule has 1 N–H and O–H groups in total. The molecule has 10 heteroatoms. The van der Waals surface area contributed by atoms with E-state index < -0.39 is 43.0 Å². The third-order valence-electron chi connectivity index (χ3n) is 4.40. The van der Waals surface area contributed by atoms with Crippen LogP contribution in [0.3, 0.4) is 0 Å². The predicted molar refractivity (Wildman–Crippen MR) is 97.0 cm³/mol. The van der Waals surface area contributed by atoms with E-state index in [-0.39, 0.29) is 22.9 Å². The molecule has 1 fully saturated rings. The van der Waals surface area contributed by atoms with Gasteiger partial charge in [0.15, 0.2) is 26.0 Å². The highest BCUT2D eigenvalue weighted by atomic mass is 32.2. The minimum Gasteiger partial charge on any atom is -0.495 e. The van der Waals surface area contributed by atoms with Crippen molar-refractivity contribution in [2.24, 2.45) is 0 Å². The zero-order chi connectivity index (χ0) is 19.5. The van der Waals surface area contributed by atoms with E-state index in [1.54, 1.807) is 19.1 Å². The summed E-state index contributed by atoms with van der Waals surface area (Å²) in [5, 5.41) is 1.85. The molecule has 1 aromatic rings. The highest BCUT2D eigenvalue weighted by Crippen LogP contribution is 2.32. The number of nitrogens with one attached hydrogen (secondary N) is 1. The fraction of sp³-hybridized carbons (Fsp3) is 0.625.